The van der Waals surface area contributed by atoms with Crippen molar-refractivity contribution in [2.24, 2.45) is 0 Å². The first-order valence-corrected chi connectivity index (χ1v) is 21.6. The SMILES string of the molecule is C[C](C)(C)[Ge]12[CH]=[C](c3ccccc3)[Ge]3([C](C)(C)C)[CH]1C(c1ccccc1)=C[C]23c1ccccc1. The topological polar surface area (TPSA) is 0 Å². The molecular weight excluding hydrogens is 530 g/mol. The van der Waals surface area contributed by atoms with Crippen molar-refractivity contribution in [2.75, 3.05) is 0 Å². The maximum absolute atomic E-state index is 3.00. The Morgan fingerprint density at radius 1 is 0.618 bits per heavy atom. The maximum atomic E-state index is 3.00. The van der Waals surface area contributed by atoms with E-state index in [1.165, 1.54) is 11.1 Å². The normalized spacial score (nSPS) is 31.6. The summed E-state index contributed by atoms with van der Waals surface area (Å²) in [5.41, 5.74) is 6.32. The molecule has 0 aliphatic carbocycles. The van der Waals surface area contributed by atoms with Gasteiger partial charge in [-0.1, -0.05) is 0 Å². The standard InChI is InChI=1S/C32H36Ge2/c1-30(2,3)33-23-28(25-18-12-8-13-19-25)34(31(4,5)6)29(33)27(24-16-10-7-11-17-24)22-32(33,34)26-20-14-9-15-21-26/h7-23,29H,1-6H3. The fourth-order valence-corrected chi connectivity index (χ4v) is 83.9. The fraction of sp³-hybridized carbons (Fsp3) is 0.312. The predicted molar refractivity (Wildman–Crippen MR) is 152 cm³/mol. The summed E-state index contributed by atoms with van der Waals surface area (Å²) in [7, 11) is 0. The van der Waals surface area contributed by atoms with Crippen LogP contribution in [0.5, 0.6) is 0 Å². The van der Waals surface area contributed by atoms with E-state index in [1.54, 1.807) is 11.1 Å². The molecule has 5 heterocycles. The summed E-state index contributed by atoms with van der Waals surface area (Å²) >= 11 is -5.53. The van der Waals surface area contributed by atoms with E-state index < -0.39 is 26.5 Å². The molecule has 4 bridgehead atoms. The van der Waals surface area contributed by atoms with Crippen molar-refractivity contribution < 1.29 is 0 Å². The van der Waals surface area contributed by atoms with Crippen molar-refractivity contribution >= 4 is 36.5 Å². The van der Waals surface area contributed by atoms with E-state index in [9.17, 15) is 0 Å². The van der Waals surface area contributed by atoms with E-state index in [-0.39, 0.29) is 0 Å². The zero-order chi connectivity index (χ0) is 24.0. The Labute approximate surface area is 210 Å². The van der Waals surface area contributed by atoms with Gasteiger partial charge in [0, 0.05) is 0 Å². The van der Waals surface area contributed by atoms with Crippen molar-refractivity contribution in [1.82, 2.24) is 0 Å². The van der Waals surface area contributed by atoms with Crippen LogP contribution >= 0.6 is 0 Å². The molecule has 1 saturated heterocycles. The Kier molecular flexibility index (Phi) is 4.76. The van der Waals surface area contributed by atoms with Crippen molar-refractivity contribution in [3.63, 3.8) is 0 Å². The van der Waals surface area contributed by atoms with E-state index in [2.05, 4.69) is 144 Å². The molecule has 172 valence electrons. The molecule has 4 atom stereocenters. The Balaban J connectivity index is 1.75. The molecule has 0 radical (unpaired) electrons. The molecule has 2 heteroatoms. The van der Waals surface area contributed by atoms with Crippen LogP contribution in [-0.4, -0.2) is 26.5 Å². The Bertz CT molecular complexity index is 1310. The van der Waals surface area contributed by atoms with Gasteiger partial charge in [0.2, 0.25) is 0 Å². The van der Waals surface area contributed by atoms with Crippen LogP contribution in [0, 0.1) is 0 Å². The van der Waals surface area contributed by atoms with Crippen LogP contribution in [0.3, 0.4) is 0 Å². The third-order valence-corrected chi connectivity index (χ3v) is 55.9. The number of hydrogen-bond acceptors (Lipinski definition) is 0. The average molecular weight is 566 g/mol. The molecule has 0 nitrogen and oxygen atoms in total. The first kappa shape index (κ1) is 22.7. The summed E-state index contributed by atoms with van der Waals surface area (Å²) in [6.45, 7) is 15.5. The number of allylic oxidation sites excluding steroid dienone is 2. The van der Waals surface area contributed by atoms with Gasteiger partial charge < -0.3 is 0 Å². The van der Waals surface area contributed by atoms with E-state index in [0.29, 0.717) is 11.6 Å². The second-order valence-corrected chi connectivity index (χ2v) is 38.2. The molecule has 3 aromatic rings. The summed E-state index contributed by atoms with van der Waals surface area (Å²) in [5, 5.41) is 0. The molecule has 8 rings (SSSR count). The van der Waals surface area contributed by atoms with Crippen molar-refractivity contribution in [3.8, 4) is 0 Å². The summed E-state index contributed by atoms with van der Waals surface area (Å²) in [6, 6.07) is 34.7. The number of benzene rings is 3. The van der Waals surface area contributed by atoms with Crippen LogP contribution in [-0.2, 0) is 3.08 Å². The summed E-state index contributed by atoms with van der Waals surface area (Å²) in [5.74, 6) is 0. The Morgan fingerprint density at radius 2 is 1.12 bits per heavy atom. The van der Waals surface area contributed by atoms with Crippen molar-refractivity contribution in [2.45, 2.75) is 56.7 Å². The molecule has 0 amide bonds. The molecule has 0 N–H and O–H groups in total. The monoisotopic (exact) mass is 568 g/mol. The van der Waals surface area contributed by atoms with Crippen LogP contribution in [0.15, 0.2) is 102 Å². The van der Waals surface area contributed by atoms with Gasteiger partial charge in [0.15, 0.2) is 0 Å². The first-order chi connectivity index (χ1) is 16.1. The molecule has 5 aliphatic rings. The first-order valence-electron chi connectivity index (χ1n) is 12.8. The zero-order valence-electron chi connectivity index (χ0n) is 21.4. The zero-order valence-corrected chi connectivity index (χ0v) is 25.6. The van der Waals surface area contributed by atoms with E-state index in [0.717, 1.165) is 3.58 Å². The van der Waals surface area contributed by atoms with E-state index in [1.807, 2.05) is 4.41 Å². The average Bonchev–Trinajstić information content (AvgIpc) is 3.51. The molecule has 0 spiro atoms. The summed E-state index contributed by atoms with van der Waals surface area (Å²) < 4.78 is 3.55. The molecule has 3 aromatic carbocycles. The van der Waals surface area contributed by atoms with Gasteiger partial charge in [-0.15, -0.1) is 0 Å². The van der Waals surface area contributed by atoms with Crippen LogP contribution in [0.25, 0.3) is 9.98 Å². The van der Waals surface area contributed by atoms with Crippen LogP contribution in [0.2, 0.25) is 12.1 Å². The van der Waals surface area contributed by atoms with Crippen molar-refractivity contribution in [1.29, 1.82) is 0 Å². The number of rotatable bonds is 3. The molecule has 0 saturated carbocycles. The van der Waals surface area contributed by atoms with E-state index >= 15 is 0 Å². The quantitative estimate of drug-likeness (QED) is 0.279. The van der Waals surface area contributed by atoms with Gasteiger partial charge in [0.1, 0.15) is 0 Å². The third-order valence-electron chi connectivity index (χ3n) is 9.49. The van der Waals surface area contributed by atoms with Gasteiger partial charge in [0.05, 0.1) is 0 Å². The molecule has 34 heavy (non-hydrogen) atoms. The van der Waals surface area contributed by atoms with Gasteiger partial charge in [-0.3, -0.25) is 0 Å². The second-order valence-electron chi connectivity index (χ2n) is 12.7. The molecule has 0 aromatic heterocycles. The van der Waals surface area contributed by atoms with E-state index in [4.69, 9.17) is 0 Å². The summed E-state index contributed by atoms with van der Waals surface area (Å²) in [6.07, 6.45) is 2.88. The van der Waals surface area contributed by atoms with Crippen LogP contribution in [0.1, 0.15) is 58.2 Å². The predicted octanol–water partition coefficient (Wildman–Crippen LogP) is 8.70. The minimum atomic E-state index is -2.83. The minimum absolute atomic E-state index is 0.290. The van der Waals surface area contributed by atoms with Gasteiger partial charge in [0.25, 0.3) is 0 Å². The summed E-state index contributed by atoms with van der Waals surface area (Å²) in [4.78, 5) is 3.00. The number of hydrogen-bond donors (Lipinski definition) is 0. The van der Waals surface area contributed by atoms with Gasteiger partial charge in [-0.25, -0.2) is 0 Å². The van der Waals surface area contributed by atoms with Gasteiger partial charge in [-0.05, 0) is 0 Å². The Morgan fingerprint density at radius 3 is 1.62 bits per heavy atom. The van der Waals surface area contributed by atoms with Gasteiger partial charge in [-0.2, -0.15) is 0 Å². The fourth-order valence-electron chi connectivity index (χ4n) is 8.71. The molecule has 1 fully saturated rings. The third kappa shape index (κ3) is 2.38. The Hall–Kier alpha value is -1.77. The molecule has 5 aliphatic heterocycles. The van der Waals surface area contributed by atoms with Crippen LogP contribution < -0.4 is 0 Å². The van der Waals surface area contributed by atoms with Gasteiger partial charge >= 0.3 is 212 Å². The molecular formula is C32H36Ge2. The second kappa shape index (κ2) is 7.14. The van der Waals surface area contributed by atoms with Crippen molar-refractivity contribution in [3.05, 3.63) is 119 Å². The molecule has 4 unspecified atom stereocenters. The van der Waals surface area contributed by atoms with Crippen LogP contribution in [0.4, 0.5) is 0 Å².